The highest BCUT2D eigenvalue weighted by molar-refractivity contribution is 7.92. The number of carbonyl (C=O) groups is 2. The van der Waals surface area contributed by atoms with Crippen molar-refractivity contribution in [2.75, 3.05) is 4.72 Å². The van der Waals surface area contributed by atoms with E-state index in [0.29, 0.717) is 0 Å². The Morgan fingerprint density at radius 3 is 2.35 bits per heavy atom. The third kappa shape index (κ3) is 4.74. The van der Waals surface area contributed by atoms with Gasteiger partial charge in [-0.25, -0.2) is 13.2 Å². The first-order valence-corrected chi connectivity index (χ1v) is 9.35. The quantitative estimate of drug-likeness (QED) is 0.727. The van der Waals surface area contributed by atoms with Crippen molar-refractivity contribution in [1.29, 1.82) is 0 Å². The molecular formula is C17H17ClN2O5S. The van der Waals surface area contributed by atoms with Crippen LogP contribution in [0.5, 0.6) is 0 Å². The van der Waals surface area contributed by atoms with Crippen molar-refractivity contribution in [2.45, 2.75) is 24.8 Å². The van der Waals surface area contributed by atoms with E-state index in [1.54, 1.807) is 12.1 Å². The average Bonchev–Trinajstić information content (AvgIpc) is 2.54. The van der Waals surface area contributed by atoms with Gasteiger partial charge in [-0.3, -0.25) is 9.52 Å². The van der Waals surface area contributed by atoms with E-state index < -0.39 is 28.0 Å². The number of hydrogen-bond donors (Lipinski definition) is 2. The lowest BCUT2D eigenvalue weighted by Gasteiger charge is -2.14. The van der Waals surface area contributed by atoms with Crippen LogP contribution in [0, 0.1) is 6.92 Å². The summed E-state index contributed by atoms with van der Waals surface area (Å²) >= 11 is 5.91. The number of sulfonamides is 1. The summed E-state index contributed by atoms with van der Waals surface area (Å²) < 4.78 is 32.3. The van der Waals surface area contributed by atoms with Crippen molar-refractivity contribution in [1.82, 2.24) is 0 Å². The van der Waals surface area contributed by atoms with Crippen LogP contribution in [0.15, 0.2) is 47.4 Å². The molecule has 0 saturated carbocycles. The lowest BCUT2D eigenvalue weighted by Crippen LogP contribution is -2.30. The summed E-state index contributed by atoms with van der Waals surface area (Å²) in [6, 6.07) is 10.2. The van der Waals surface area contributed by atoms with Crippen molar-refractivity contribution < 1.29 is 22.7 Å². The molecule has 9 heteroatoms. The van der Waals surface area contributed by atoms with E-state index in [-0.39, 0.29) is 21.2 Å². The van der Waals surface area contributed by atoms with Crippen molar-refractivity contribution in [3.05, 3.63) is 58.6 Å². The van der Waals surface area contributed by atoms with Crippen LogP contribution < -0.4 is 10.5 Å². The molecule has 0 spiro atoms. The molecule has 1 amide bonds. The maximum atomic E-state index is 12.5. The highest BCUT2D eigenvalue weighted by Gasteiger charge is 2.22. The minimum atomic E-state index is -3.96. The Morgan fingerprint density at radius 1 is 1.15 bits per heavy atom. The highest BCUT2D eigenvalue weighted by Crippen LogP contribution is 2.25. The standard InChI is InChI=1S/C17H17ClN2O5S/c1-10-3-6-13(7-4-10)26(23,24)20-15-9-12(18)5-8-14(15)17(22)25-11(2)16(19)21/h3-9,11,20H,1-2H3,(H2,19,21). The van der Waals surface area contributed by atoms with Crippen LogP contribution in [0.1, 0.15) is 22.8 Å². The van der Waals surface area contributed by atoms with Crippen LogP contribution >= 0.6 is 11.6 Å². The number of anilines is 1. The van der Waals surface area contributed by atoms with Crippen LogP contribution in [-0.2, 0) is 19.6 Å². The van der Waals surface area contributed by atoms with E-state index in [2.05, 4.69) is 4.72 Å². The van der Waals surface area contributed by atoms with Crippen LogP contribution in [0.4, 0.5) is 5.69 Å². The number of nitrogens with one attached hydrogen (secondary N) is 1. The Labute approximate surface area is 156 Å². The zero-order valence-corrected chi connectivity index (χ0v) is 15.6. The number of amides is 1. The first-order chi connectivity index (χ1) is 12.1. The number of carbonyl (C=O) groups excluding carboxylic acids is 2. The van der Waals surface area contributed by atoms with Gasteiger partial charge in [0.2, 0.25) is 0 Å². The summed E-state index contributed by atoms with van der Waals surface area (Å²) in [4.78, 5) is 23.3. The van der Waals surface area contributed by atoms with Gasteiger partial charge in [0.1, 0.15) is 0 Å². The van der Waals surface area contributed by atoms with Crippen molar-refractivity contribution >= 4 is 39.2 Å². The maximum absolute atomic E-state index is 12.5. The Bertz CT molecular complexity index is 942. The largest absolute Gasteiger partial charge is 0.449 e. The number of aryl methyl sites for hydroxylation is 1. The molecule has 0 heterocycles. The van der Waals surface area contributed by atoms with Gasteiger partial charge in [-0.1, -0.05) is 29.3 Å². The van der Waals surface area contributed by atoms with Gasteiger partial charge >= 0.3 is 5.97 Å². The molecule has 26 heavy (non-hydrogen) atoms. The van der Waals surface area contributed by atoms with E-state index in [1.807, 2.05) is 6.92 Å². The summed E-state index contributed by atoms with van der Waals surface area (Å²) in [7, 11) is -3.96. The molecule has 3 N–H and O–H groups in total. The second kappa shape index (κ2) is 7.76. The van der Waals surface area contributed by atoms with E-state index in [0.717, 1.165) is 5.56 Å². The zero-order valence-electron chi connectivity index (χ0n) is 14.0. The number of hydrogen-bond acceptors (Lipinski definition) is 5. The molecule has 1 unspecified atom stereocenters. The Hall–Kier alpha value is -2.58. The Kier molecular flexibility index (Phi) is 5.89. The minimum absolute atomic E-state index is 0.0212. The molecular weight excluding hydrogens is 380 g/mol. The molecule has 7 nitrogen and oxygen atoms in total. The number of ether oxygens (including phenoxy) is 1. The van der Waals surface area contributed by atoms with Crippen LogP contribution in [-0.4, -0.2) is 26.4 Å². The van der Waals surface area contributed by atoms with E-state index >= 15 is 0 Å². The molecule has 1 atom stereocenters. The number of primary amides is 1. The molecule has 138 valence electrons. The lowest BCUT2D eigenvalue weighted by molar-refractivity contribution is -0.125. The number of nitrogens with two attached hydrogens (primary N) is 1. The number of benzene rings is 2. The number of esters is 1. The minimum Gasteiger partial charge on any atom is -0.449 e. The fourth-order valence-corrected chi connectivity index (χ4v) is 3.22. The van der Waals surface area contributed by atoms with E-state index in [9.17, 15) is 18.0 Å². The number of rotatable bonds is 6. The van der Waals surface area contributed by atoms with Gasteiger partial charge in [0.05, 0.1) is 16.1 Å². The highest BCUT2D eigenvalue weighted by atomic mass is 35.5. The maximum Gasteiger partial charge on any atom is 0.341 e. The normalized spacial score (nSPS) is 12.3. The molecule has 2 aromatic carbocycles. The monoisotopic (exact) mass is 396 g/mol. The second-order valence-electron chi connectivity index (χ2n) is 5.56. The summed E-state index contributed by atoms with van der Waals surface area (Å²) in [6.45, 7) is 3.14. The average molecular weight is 397 g/mol. The molecule has 0 saturated heterocycles. The third-order valence-corrected chi connectivity index (χ3v) is 5.08. The number of halogens is 1. The molecule has 0 aliphatic heterocycles. The van der Waals surface area contributed by atoms with Gasteiger partial charge in [0.15, 0.2) is 6.10 Å². The summed E-state index contributed by atoms with van der Waals surface area (Å²) in [5.74, 6) is -1.73. The van der Waals surface area contributed by atoms with E-state index in [1.165, 1.54) is 37.3 Å². The van der Waals surface area contributed by atoms with Gasteiger partial charge in [0, 0.05) is 5.02 Å². The molecule has 2 aromatic rings. The third-order valence-electron chi connectivity index (χ3n) is 3.46. The predicted octanol–water partition coefficient (Wildman–Crippen LogP) is 2.48. The van der Waals surface area contributed by atoms with Crippen LogP contribution in [0.25, 0.3) is 0 Å². The summed E-state index contributed by atoms with van der Waals surface area (Å²) in [5, 5.41) is 0.214. The van der Waals surface area contributed by atoms with Gasteiger partial charge in [-0.2, -0.15) is 0 Å². The van der Waals surface area contributed by atoms with Gasteiger partial charge in [-0.05, 0) is 44.2 Å². The molecule has 0 aromatic heterocycles. The zero-order chi connectivity index (χ0) is 19.5. The van der Waals surface area contributed by atoms with Gasteiger partial charge in [-0.15, -0.1) is 0 Å². The summed E-state index contributed by atoms with van der Waals surface area (Å²) in [6.07, 6.45) is -1.17. The summed E-state index contributed by atoms with van der Waals surface area (Å²) in [5.41, 5.74) is 5.80. The molecule has 0 aliphatic carbocycles. The molecule has 0 fully saturated rings. The molecule has 0 radical (unpaired) electrons. The fraction of sp³-hybridized carbons (Fsp3) is 0.176. The lowest BCUT2D eigenvalue weighted by atomic mass is 10.2. The fourth-order valence-electron chi connectivity index (χ4n) is 1.98. The topological polar surface area (TPSA) is 116 Å². The molecule has 2 rings (SSSR count). The van der Waals surface area contributed by atoms with Crippen molar-refractivity contribution in [3.63, 3.8) is 0 Å². The first kappa shape index (κ1) is 19.7. The van der Waals surface area contributed by atoms with Gasteiger partial charge in [0.25, 0.3) is 15.9 Å². The van der Waals surface area contributed by atoms with Gasteiger partial charge < -0.3 is 10.5 Å². The Balaban J connectivity index is 2.37. The van der Waals surface area contributed by atoms with Crippen LogP contribution in [0.2, 0.25) is 5.02 Å². The SMILES string of the molecule is Cc1ccc(S(=O)(=O)Nc2cc(Cl)ccc2C(=O)OC(C)C(N)=O)cc1. The molecule has 0 aliphatic rings. The first-order valence-electron chi connectivity index (χ1n) is 7.49. The molecule has 0 bridgehead atoms. The second-order valence-corrected chi connectivity index (χ2v) is 7.68. The van der Waals surface area contributed by atoms with E-state index in [4.69, 9.17) is 22.1 Å². The van der Waals surface area contributed by atoms with Crippen molar-refractivity contribution in [2.24, 2.45) is 5.73 Å². The predicted molar refractivity (Wildman–Crippen MR) is 97.5 cm³/mol. The smallest absolute Gasteiger partial charge is 0.341 e. The Morgan fingerprint density at radius 2 is 1.77 bits per heavy atom. The van der Waals surface area contributed by atoms with Crippen LogP contribution in [0.3, 0.4) is 0 Å². The van der Waals surface area contributed by atoms with Crippen molar-refractivity contribution in [3.8, 4) is 0 Å².